The molecule has 0 fully saturated rings. The van der Waals surface area contributed by atoms with Gasteiger partial charge in [-0.25, -0.2) is 17.9 Å². The van der Waals surface area contributed by atoms with Crippen molar-refractivity contribution in [1.82, 2.24) is 4.72 Å². The number of aromatic carboxylic acids is 1. The van der Waals surface area contributed by atoms with E-state index in [1.54, 1.807) is 13.8 Å². The highest BCUT2D eigenvalue weighted by Gasteiger charge is 2.28. The van der Waals surface area contributed by atoms with E-state index in [1.807, 2.05) is 19.1 Å². The topological polar surface area (TPSA) is 83.5 Å². The Balaban J connectivity index is 2.35. The van der Waals surface area contributed by atoms with E-state index in [1.165, 1.54) is 16.7 Å². The predicted molar refractivity (Wildman–Crippen MR) is 83.8 cm³/mol. The Hall–Kier alpha value is -1.22. The average molecular weight is 345 g/mol. The first-order valence-corrected chi connectivity index (χ1v) is 9.30. The van der Waals surface area contributed by atoms with Crippen molar-refractivity contribution >= 4 is 38.7 Å². The highest BCUT2D eigenvalue weighted by molar-refractivity contribution is 7.89. The SMILES string of the molecule is Cc1ccc(C(C)NS(=O)(=O)c2c(C)csc2C(=O)O)s1. The fourth-order valence-electron chi connectivity index (χ4n) is 1.95. The Morgan fingerprint density at radius 2 is 2.00 bits per heavy atom. The number of hydrogen-bond acceptors (Lipinski definition) is 5. The molecule has 0 radical (unpaired) electrons. The van der Waals surface area contributed by atoms with Gasteiger partial charge in [-0.3, -0.25) is 0 Å². The van der Waals surface area contributed by atoms with Gasteiger partial charge in [0.1, 0.15) is 9.77 Å². The molecule has 0 aliphatic rings. The molecule has 2 heterocycles. The van der Waals surface area contributed by atoms with Gasteiger partial charge in [-0.1, -0.05) is 0 Å². The molecule has 1 atom stereocenters. The van der Waals surface area contributed by atoms with Crippen LogP contribution in [0.4, 0.5) is 0 Å². The van der Waals surface area contributed by atoms with Crippen LogP contribution in [-0.4, -0.2) is 19.5 Å². The standard InChI is InChI=1S/C13H15NO4S3/c1-7-6-19-11(13(15)16)12(7)21(17,18)14-9(3)10-5-4-8(2)20-10/h4-6,9,14H,1-3H3,(H,15,16). The number of carbonyl (C=O) groups is 1. The highest BCUT2D eigenvalue weighted by atomic mass is 32.2. The molecule has 0 saturated heterocycles. The minimum Gasteiger partial charge on any atom is -0.477 e. The van der Waals surface area contributed by atoms with E-state index in [9.17, 15) is 13.2 Å². The van der Waals surface area contributed by atoms with Crippen molar-refractivity contribution in [3.63, 3.8) is 0 Å². The first-order chi connectivity index (χ1) is 9.72. The van der Waals surface area contributed by atoms with E-state index in [2.05, 4.69) is 4.72 Å². The summed E-state index contributed by atoms with van der Waals surface area (Å²) < 4.78 is 27.5. The molecule has 1 unspecified atom stereocenters. The summed E-state index contributed by atoms with van der Waals surface area (Å²) in [5.74, 6) is -1.23. The van der Waals surface area contributed by atoms with Crippen LogP contribution in [0.15, 0.2) is 22.4 Å². The summed E-state index contributed by atoms with van der Waals surface area (Å²) in [6.45, 7) is 5.28. The molecule has 114 valence electrons. The van der Waals surface area contributed by atoms with Crippen LogP contribution >= 0.6 is 22.7 Å². The van der Waals surface area contributed by atoms with Gasteiger partial charge in [-0.2, -0.15) is 0 Å². The summed E-state index contributed by atoms with van der Waals surface area (Å²) in [6, 6.07) is 3.38. The lowest BCUT2D eigenvalue weighted by atomic mass is 10.3. The van der Waals surface area contributed by atoms with E-state index >= 15 is 0 Å². The minimum absolute atomic E-state index is 0.139. The fourth-order valence-corrected chi connectivity index (χ4v) is 5.76. The third kappa shape index (κ3) is 3.34. The predicted octanol–water partition coefficient (Wildman–Crippen LogP) is 3.16. The first-order valence-electron chi connectivity index (χ1n) is 6.12. The Morgan fingerprint density at radius 1 is 1.33 bits per heavy atom. The first kappa shape index (κ1) is 16.2. The van der Waals surface area contributed by atoms with Crippen molar-refractivity contribution in [1.29, 1.82) is 0 Å². The lowest BCUT2D eigenvalue weighted by Crippen LogP contribution is -2.27. The van der Waals surface area contributed by atoms with Crippen molar-refractivity contribution in [2.24, 2.45) is 0 Å². The van der Waals surface area contributed by atoms with Crippen LogP contribution in [0.3, 0.4) is 0 Å². The van der Waals surface area contributed by atoms with Crippen LogP contribution < -0.4 is 4.72 Å². The zero-order chi connectivity index (χ0) is 15.8. The molecular weight excluding hydrogens is 330 g/mol. The summed E-state index contributed by atoms with van der Waals surface area (Å²) in [5.41, 5.74) is 0.444. The Bertz CT molecular complexity index is 773. The summed E-state index contributed by atoms with van der Waals surface area (Å²) >= 11 is 2.43. The van der Waals surface area contributed by atoms with E-state index < -0.39 is 22.0 Å². The zero-order valence-electron chi connectivity index (χ0n) is 11.7. The third-order valence-electron chi connectivity index (χ3n) is 2.90. The highest BCUT2D eigenvalue weighted by Crippen LogP contribution is 2.29. The quantitative estimate of drug-likeness (QED) is 0.872. The molecule has 0 aliphatic carbocycles. The van der Waals surface area contributed by atoms with Crippen molar-refractivity contribution in [2.45, 2.75) is 31.7 Å². The molecule has 5 nitrogen and oxygen atoms in total. The van der Waals surface area contributed by atoms with Crippen LogP contribution in [-0.2, 0) is 10.0 Å². The van der Waals surface area contributed by atoms with Crippen LogP contribution in [0.25, 0.3) is 0 Å². The molecule has 0 bridgehead atoms. The van der Waals surface area contributed by atoms with Gasteiger partial charge in [-0.05, 0) is 43.8 Å². The van der Waals surface area contributed by atoms with Crippen molar-refractivity contribution in [3.8, 4) is 0 Å². The monoisotopic (exact) mass is 345 g/mol. The summed E-state index contributed by atoms with van der Waals surface area (Å²) in [5, 5.41) is 10.7. The molecule has 0 amide bonds. The third-order valence-corrected chi connectivity index (χ3v) is 7.03. The number of carboxylic acids is 1. The van der Waals surface area contributed by atoms with Gasteiger partial charge >= 0.3 is 5.97 Å². The lowest BCUT2D eigenvalue weighted by Gasteiger charge is -2.13. The largest absolute Gasteiger partial charge is 0.477 e. The van der Waals surface area contributed by atoms with Gasteiger partial charge < -0.3 is 5.11 Å². The van der Waals surface area contributed by atoms with Gasteiger partial charge in [0.2, 0.25) is 10.0 Å². The molecule has 0 saturated carbocycles. The zero-order valence-corrected chi connectivity index (χ0v) is 14.2. The van der Waals surface area contributed by atoms with Crippen LogP contribution in [0.5, 0.6) is 0 Å². The Labute approximate surface area is 131 Å². The molecule has 2 aromatic heterocycles. The van der Waals surface area contributed by atoms with Crippen LogP contribution in [0.1, 0.15) is 38.0 Å². The number of thiophene rings is 2. The van der Waals surface area contributed by atoms with E-state index in [0.717, 1.165) is 21.1 Å². The number of rotatable bonds is 5. The molecular formula is C13H15NO4S3. The number of nitrogens with one attached hydrogen (secondary N) is 1. The smallest absolute Gasteiger partial charge is 0.347 e. The average Bonchev–Trinajstić information content (AvgIpc) is 2.95. The lowest BCUT2D eigenvalue weighted by molar-refractivity contribution is 0.0698. The minimum atomic E-state index is -3.88. The number of hydrogen-bond donors (Lipinski definition) is 2. The Morgan fingerprint density at radius 3 is 2.52 bits per heavy atom. The molecule has 2 rings (SSSR count). The fraction of sp³-hybridized carbons (Fsp3) is 0.308. The van der Waals surface area contributed by atoms with Crippen molar-refractivity contribution < 1.29 is 18.3 Å². The second kappa shape index (κ2) is 5.88. The molecule has 0 spiro atoms. The molecule has 0 aromatic carbocycles. The second-order valence-corrected chi connectivity index (χ2v) is 8.52. The number of aryl methyl sites for hydroxylation is 2. The van der Waals surface area contributed by atoms with Crippen molar-refractivity contribution in [3.05, 3.63) is 37.7 Å². The van der Waals surface area contributed by atoms with Crippen LogP contribution in [0, 0.1) is 13.8 Å². The van der Waals surface area contributed by atoms with Gasteiger partial charge in [0.15, 0.2) is 0 Å². The Kier molecular flexibility index (Phi) is 4.52. The van der Waals surface area contributed by atoms with Gasteiger partial charge in [0, 0.05) is 9.75 Å². The maximum Gasteiger partial charge on any atom is 0.347 e. The molecule has 0 aliphatic heterocycles. The molecule has 21 heavy (non-hydrogen) atoms. The summed E-state index contributed by atoms with van der Waals surface area (Å²) in [4.78, 5) is 12.8. The maximum absolute atomic E-state index is 12.5. The number of carboxylic acid groups (broad SMARTS) is 1. The van der Waals surface area contributed by atoms with E-state index in [-0.39, 0.29) is 9.77 Å². The second-order valence-electron chi connectivity index (χ2n) is 4.67. The van der Waals surface area contributed by atoms with Crippen molar-refractivity contribution in [2.75, 3.05) is 0 Å². The molecule has 2 N–H and O–H groups in total. The summed E-state index contributed by atoms with van der Waals surface area (Å²) in [7, 11) is -3.88. The van der Waals surface area contributed by atoms with E-state index in [4.69, 9.17) is 5.11 Å². The summed E-state index contributed by atoms with van der Waals surface area (Å²) in [6.07, 6.45) is 0. The molecule has 2 aromatic rings. The van der Waals surface area contributed by atoms with E-state index in [0.29, 0.717) is 5.56 Å². The molecule has 8 heteroatoms. The van der Waals surface area contributed by atoms with Gasteiger partial charge in [-0.15, -0.1) is 22.7 Å². The van der Waals surface area contributed by atoms with Crippen LogP contribution in [0.2, 0.25) is 0 Å². The van der Waals surface area contributed by atoms with Gasteiger partial charge in [0.05, 0.1) is 6.04 Å². The number of sulfonamides is 1. The maximum atomic E-state index is 12.5. The normalized spacial score (nSPS) is 13.3. The van der Waals surface area contributed by atoms with Gasteiger partial charge in [0.25, 0.3) is 0 Å².